The minimum Gasteiger partial charge on any atom is -0.496 e. The van der Waals surface area contributed by atoms with Gasteiger partial charge in [0.15, 0.2) is 5.82 Å². The lowest BCUT2D eigenvalue weighted by molar-refractivity contribution is 0.416. The molecule has 0 aliphatic carbocycles. The van der Waals surface area contributed by atoms with Crippen molar-refractivity contribution in [3.05, 3.63) is 28.0 Å². The number of methoxy groups -OCH3 is 1. The standard InChI is InChI=1S/C9H8ClN3OS/c1-14-7-4-5(10)2-3-6(7)8-11-9(15)13-12-8/h2-4H,1H3,(H2,11,12,13,15). The Labute approximate surface area is 96.2 Å². The number of nitrogens with one attached hydrogen (secondary N) is 2. The quantitative estimate of drug-likeness (QED) is 0.795. The molecule has 4 nitrogen and oxygen atoms in total. The smallest absolute Gasteiger partial charge is 0.213 e. The van der Waals surface area contributed by atoms with Crippen molar-refractivity contribution in [3.8, 4) is 17.1 Å². The Morgan fingerprint density at radius 1 is 1.40 bits per heavy atom. The van der Waals surface area contributed by atoms with E-state index >= 15 is 0 Å². The molecule has 1 aromatic carbocycles. The molecule has 1 aromatic heterocycles. The van der Waals surface area contributed by atoms with Crippen LogP contribution in [0.4, 0.5) is 0 Å². The molecular weight excluding hydrogens is 234 g/mol. The zero-order valence-electron chi connectivity index (χ0n) is 7.87. The third-order valence-corrected chi connectivity index (χ3v) is 2.35. The number of ether oxygens (including phenoxy) is 1. The van der Waals surface area contributed by atoms with Crippen molar-refractivity contribution in [1.82, 2.24) is 15.2 Å². The molecule has 1 heterocycles. The van der Waals surface area contributed by atoms with Crippen molar-refractivity contribution in [1.29, 1.82) is 0 Å². The zero-order valence-corrected chi connectivity index (χ0v) is 9.45. The van der Waals surface area contributed by atoms with Gasteiger partial charge in [-0.05, 0) is 30.4 Å². The Hall–Kier alpha value is -1.33. The Bertz CT molecular complexity index is 534. The first-order valence-corrected chi connectivity index (χ1v) is 4.98. The highest BCUT2D eigenvalue weighted by molar-refractivity contribution is 7.71. The van der Waals surface area contributed by atoms with Crippen LogP contribution in [0.25, 0.3) is 11.4 Å². The predicted octanol–water partition coefficient (Wildman–Crippen LogP) is 2.80. The SMILES string of the molecule is COc1cc(Cl)ccc1-c1nc(=S)[nH][nH]1. The van der Waals surface area contributed by atoms with E-state index in [1.807, 2.05) is 6.07 Å². The first-order valence-electron chi connectivity index (χ1n) is 4.19. The van der Waals surface area contributed by atoms with Gasteiger partial charge in [-0.25, -0.2) is 0 Å². The van der Waals surface area contributed by atoms with Gasteiger partial charge in [0.05, 0.1) is 12.7 Å². The van der Waals surface area contributed by atoms with Gasteiger partial charge in [0.2, 0.25) is 4.77 Å². The van der Waals surface area contributed by atoms with Crippen LogP contribution >= 0.6 is 23.8 Å². The lowest BCUT2D eigenvalue weighted by Gasteiger charge is -2.05. The van der Waals surface area contributed by atoms with Gasteiger partial charge < -0.3 is 4.74 Å². The summed E-state index contributed by atoms with van der Waals surface area (Å²) in [7, 11) is 1.58. The fourth-order valence-electron chi connectivity index (χ4n) is 1.26. The van der Waals surface area contributed by atoms with E-state index in [9.17, 15) is 0 Å². The molecule has 2 rings (SSSR count). The second kappa shape index (κ2) is 4.04. The molecule has 78 valence electrons. The molecule has 0 amide bonds. The van der Waals surface area contributed by atoms with Crippen LogP contribution in [0, 0.1) is 4.77 Å². The molecule has 0 saturated heterocycles. The number of H-pyrrole nitrogens is 2. The van der Waals surface area contributed by atoms with Gasteiger partial charge in [-0.1, -0.05) is 11.6 Å². The van der Waals surface area contributed by atoms with Crippen LogP contribution < -0.4 is 4.74 Å². The number of hydrogen-bond donors (Lipinski definition) is 2. The van der Waals surface area contributed by atoms with E-state index < -0.39 is 0 Å². The molecular formula is C9H8ClN3OS. The maximum absolute atomic E-state index is 5.85. The summed E-state index contributed by atoms with van der Waals surface area (Å²) >= 11 is 10.7. The largest absolute Gasteiger partial charge is 0.496 e. The van der Waals surface area contributed by atoms with Gasteiger partial charge in [-0.3, -0.25) is 10.2 Å². The molecule has 15 heavy (non-hydrogen) atoms. The highest BCUT2D eigenvalue weighted by atomic mass is 35.5. The molecule has 0 bridgehead atoms. The molecule has 0 radical (unpaired) electrons. The highest BCUT2D eigenvalue weighted by Gasteiger charge is 2.08. The average molecular weight is 242 g/mol. The fourth-order valence-corrected chi connectivity index (χ4v) is 1.56. The summed E-state index contributed by atoms with van der Waals surface area (Å²) in [5.74, 6) is 1.29. The van der Waals surface area contributed by atoms with Crippen molar-refractivity contribution in [2.75, 3.05) is 7.11 Å². The van der Waals surface area contributed by atoms with Crippen molar-refractivity contribution in [2.45, 2.75) is 0 Å². The molecule has 0 unspecified atom stereocenters. The molecule has 0 aliphatic heterocycles. The number of hydrogen-bond acceptors (Lipinski definition) is 3. The van der Waals surface area contributed by atoms with Crippen molar-refractivity contribution in [2.24, 2.45) is 0 Å². The predicted molar refractivity (Wildman–Crippen MR) is 60.8 cm³/mol. The molecule has 0 atom stereocenters. The van der Waals surface area contributed by atoms with Crippen LogP contribution in [-0.2, 0) is 0 Å². The minimum atomic E-state index is 0.405. The van der Waals surface area contributed by atoms with E-state index in [0.29, 0.717) is 21.4 Å². The Morgan fingerprint density at radius 3 is 2.80 bits per heavy atom. The van der Waals surface area contributed by atoms with Crippen LogP contribution in [0.5, 0.6) is 5.75 Å². The van der Waals surface area contributed by atoms with E-state index in [-0.39, 0.29) is 0 Å². The maximum atomic E-state index is 5.85. The Balaban J connectivity index is 2.57. The average Bonchev–Trinajstić information content (AvgIpc) is 2.64. The number of rotatable bonds is 2. The number of nitrogens with zero attached hydrogens (tertiary/aromatic N) is 1. The maximum Gasteiger partial charge on any atom is 0.213 e. The van der Waals surface area contributed by atoms with Crippen LogP contribution in [0.3, 0.4) is 0 Å². The van der Waals surface area contributed by atoms with Gasteiger partial charge in [0.1, 0.15) is 5.75 Å². The van der Waals surface area contributed by atoms with Crippen LogP contribution in [0.2, 0.25) is 5.02 Å². The van der Waals surface area contributed by atoms with Gasteiger partial charge in [0, 0.05) is 5.02 Å². The molecule has 6 heteroatoms. The highest BCUT2D eigenvalue weighted by Crippen LogP contribution is 2.29. The summed E-state index contributed by atoms with van der Waals surface area (Å²) in [6.45, 7) is 0. The van der Waals surface area contributed by atoms with Crippen LogP contribution in [0.1, 0.15) is 0 Å². The summed E-state index contributed by atoms with van der Waals surface area (Å²) in [5, 5.41) is 6.19. The van der Waals surface area contributed by atoms with E-state index in [2.05, 4.69) is 15.2 Å². The summed E-state index contributed by atoms with van der Waals surface area (Å²) in [6.07, 6.45) is 0. The molecule has 0 aliphatic rings. The Morgan fingerprint density at radius 2 is 2.20 bits per heavy atom. The summed E-state index contributed by atoms with van der Waals surface area (Å²) < 4.78 is 5.60. The lowest BCUT2D eigenvalue weighted by Crippen LogP contribution is -1.89. The Kier molecular flexibility index (Phi) is 2.75. The number of halogens is 1. The van der Waals surface area contributed by atoms with Crippen molar-refractivity contribution < 1.29 is 4.74 Å². The second-order valence-corrected chi connectivity index (χ2v) is 3.68. The van der Waals surface area contributed by atoms with Gasteiger partial charge in [0.25, 0.3) is 0 Å². The first kappa shape index (κ1) is 10.2. The topological polar surface area (TPSA) is 53.7 Å². The third-order valence-electron chi connectivity index (χ3n) is 1.92. The van der Waals surface area contributed by atoms with Gasteiger partial charge in [-0.15, -0.1) is 0 Å². The van der Waals surface area contributed by atoms with E-state index in [1.54, 1.807) is 19.2 Å². The first-order chi connectivity index (χ1) is 7.20. The normalized spacial score (nSPS) is 10.3. The minimum absolute atomic E-state index is 0.405. The third kappa shape index (κ3) is 2.03. The summed E-state index contributed by atoms with van der Waals surface area (Å²) in [6, 6.07) is 5.32. The number of benzene rings is 1. The molecule has 2 N–H and O–H groups in total. The van der Waals surface area contributed by atoms with E-state index in [0.717, 1.165) is 5.56 Å². The second-order valence-electron chi connectivity index (χ2n) is 2.86. The monoisotopic (exact) mass is 241 g/mol. The lowest BCUT2D eigenvalue weighted by atomic mass is 10.2. The van der Waals surface area contributed by atoms with E-state index in [4.69, 9.17) is 28.6 Å². The molecule has 0 spiro atoms. The summed E-state index contributed by atoms with van der Waals surface area (Å²) in [5.41, 5.74) is 0.814. The molecule has 0 saturated carbocycles. The number of aromatic nitrogens is 3. The number of aromatic amines is 2. The van der Waals surface area contributed by atoms with Crippen molar-refractivity contribution in [3.63, 3.8) is 0 Å². The molecule has 0 fully saturated rings. The zero-order chi connectivity index (χ0) is 10.8. The fraction of sp³-hybridized carbons (Fsp3) is 0.111. The van der Waals surface area contributed by atoms with E-state index in [1.165, 1.54) is 0 Å². The van der Waals surface area contributed by atoms with Gasteiger partial charge >= 0.3 is 0 Å². The van der Waals surface area contributed by atoms with Crippen LogP contribution in [0.15, 0.2) is 18.2 Å². The summed E-state index contributed by atoms with van der Waals surface area (Å²) in [4.78, 5) is 4.10. The van der Waals surface area contributed by atoms with Crippen molar-refractivity contribution >= 4 is 23.8 Å². The van der Waals surface area contributed by atoms with Gasteiger partial charge in [-0.2, -0.15) is 4.98 Å². The molecule has 2 aromatic rings. The van der Waals surface area contributed by atoms with Crippen LogP contribution in [-0.4, -0.2) is 22.3 Å².